The van der Waals surface area contributed by atoms with E-state index in [9.17, 15) is 0 Å². The summed E-state index contributed by atoms with van der Waals surface area (Å²) < 4.78 is 4.51. The molecule has 0 radical (unpaired) electrons. The van der Waals surface area contributed by atoms with E-state index in [1.807, 2.05) is 24.7 Å². The molecule has 0 aliphatic carbocycles. The van der Waals surface area contributed by atoms with Crippen molar-refractivity contribution in [3.05, 3.63) is 115 Å². The SMILES string of the molecule is CCCCC(CCCC)(c1cccc(-n2c3ccccc3c3ccc(-c4nccn4C)cc32)c1)c1ccccn1. The molecule has 40 heavy (non-hydrogen) atoms. The molecule has 0 unspecified atom stereocenters. The quantitative estimate of drug-likeness (QED) is 0.178. The number of fused-ring (bicyclic) bond motifs is 3. The summed E-state index contributed by atoms with van der Waals surface area (Å²) in [5.74, 6) is 0.973. The van der Waals surface area contributed by atoms with E-state index >= 15 is 0 Å². The number of benzene rings is 3. The van der Waals surface area contributed by atoms with Crippen LogP contribution < -0.4 is 0 Å². The molecule has 202 valence electrons. The third kappa shape index (κ3) is 4.52. The number of unbranched alkanes of at least 4 members (excludes halogenated alkanes) is 2. The van der Waals surface area contributed by atoms with E-state index in [2.05, 4.69) is 114 Å². The molecule has 0 spiro atoms. The number of imidazole rings is 1. The molecule has 0 amide bonds. The van der Waals surface area contributed by atoms with Crippen LogP contribution >= 0.6 is 0 Å². The number of nitrogens with zero attached hydrogens (tertiary/aromatic N) is 4. The van der Waals surface area contributed by atoms with Crippen LogP contribution in [-0.2, 0) is 12.5 Å². The highest BCUT2D eigenvalue weighted by Gasteiger charge is 2.35. The molecule has 0 saturated heterocycles. The van der Waals surface area contributed by atoms with E-state index in [1.165, 1.54) is 64.4 Å². The van der Waals surface area contributed by atoms with E-state index in [4.69, 9.17) is 4.98 Å². The fraction of sp³-hybridized carbons (Fsp3) is 0.278. The first kappa shape index (κ1) is 26.1. The summed E-state index contributed by atoms with van der Waals surface area (Å²) in [6.45, 7) is 4.58. The lowest BCUT2D eigenvalue weighted by atomic mass is 9.70. The van der Waals surface area contributed by atoms with E-state index < -0.39 is 0 Å². The van der Waals surface area contributed by atoms with Gasteiger partial charge in [-0.25, -0.2) is 4.98 Å². The van der Waals surface area contributed by atoms with Crippen molar-refractivity contribution >= 4 is 21.8 Å². The first-order valence-corrected chi connectivity index (χ1v) is 14.7. The fourth-order valence-electron chi connectivity index (χ4n) is 6.39. The normalized spacial score (nSPS) is 12.0. The summed E-state index contributed by atoms with van der Waals surface area (Å²) in [5, 5.41) is 2.52. The van der Waals surface area contributed by atoms with Gasteiger partial charge in [0.15, 0.2) is 0 Å². The minimum atomic E-state index is -0.111. The maximum Gasteiger partial charge on any atom is 0.139 e. The highest BCUT2D eigenvalue weighted by atomic mass is 15.0. The summed E-state index contributed by atoms with van der Waals surface area (Å²) >= 11 is 0. The smallest absolute Gasteiger partial charge is 0.139 e. The number of para-hydroxylation sites is 1. The summed E-state index contributed by atoms with van der Waals surface area (Å²) in [4.78, 5) is 9.59. The number of rotatable bonds is 10. The van der Waals surface area contributed by atoms with Crippen molar-refractivity contribution in [3.8, 4) is 17.1 Å². The molecule has 6 aromatic rings. The van der Waals surface area contributed by atoms with Crippen LogP contribution in [-0.4, -0.2) is 19.1 Å². The van der Waals surface area contributed by atoms with E-state index in [0.29, 0.717) is 0 Å². The molecule has 3 aromatic carbocycles. The topological polar surface area (TPSA) is 35.6 Å². The third-order valence-corrected chi connectivity index (χ3v) is 8.48. The van der Waals surface area contributed by atoms with Gasteiger partial charge in [-0.1, -0.05) is 88.1 Å². The van der Waals surface area contributed by atoms with Crippen LogP contribution in [0.15, 0.2) is 104 Å². The molecule has 3 heterocycles. The molecule has 3 aromatic heterocycles. The minimum absolute atomic E-state index is 0.111. The van der Waals surface area contributed by atoms with Gasteiger partial charge in [0, 0.05) is 53.1 Å². The second kappa shape index (κ2) is 11.1. The monoisotopic (exact) mass is 526 g/mol. The fourth-order valence-corrected chi connectivity index (χ4v) is 6.39. The molecule has 0 aliphatic rings. The summed E-state index contributed by atoms with van der Waals surface area (Å²) in [5.41, 5.74) is 7.16. The van der Waals surface area contributed by atoms with Crippen molar-refractivity contribution in [2.45, 2.75) is 57.8 Å². The summed E-state index contributed by atoms with van der Waals surface area (Å²) in [6, 6.07) is 31.2. The van der Waals surface area contributed by atoms with Gasteiger partial charge < -0.3 is 9.13 Å². The predicted molar refractivity (Wildman–Crippen MR) is 167 cm³/mol. The van der Waals surface area contributed by atoms with Gasteiger partial charge in [0.25, 0.3) is 0 Å². The van der Waals surface area contributed by atoms with E-state index in [1.54, 1.807) is 0 Å². The lowest BCUT2D eigenvalue weighted by Gasteiger charge is -2.35. The van der Waals surface area contributed by atoms with Crippen LogP contribution in [0.5, 0.6) is 0 Å². The Labute approximate surface area is 237 Å². The highest BCUT2D eigenvalue weighted by molar-refractivity contribution is 6.10. The minimum Gasteiger partial charge on any atom is -0.334 e. The highest BCUT2D eigenvalue weighted by Crippen LogP contribution is 2.42. The Bertz CT molecular complexity index is 1730. The summed E-state index contributed by atoms with van der Waals surface area (Å²) in [6.07, 6.45) is 12.7. The Hall–Kier alpha value is -4.18. The zero-order valence-electron chi connectivity index (χ0n) is 23.8. The van der Waals surface area contributed by atoms with Gasteiger partial charge >= 0.3 is 0 Å². The molecule has 0 fully saturated rings. The second-order valence-electron chi connectivity index (χ2n) is 11.0. The van der Waals surface area contributed by atoms with Crippen molar-refractivity contribution < 1.29 is 0 Å². The molecule has 4 nitrogen and oxygen atoms in total. The molecule has 6 rings (SSSR count). The van der Waals surface area contributed by atoms with Crippen molar-refractivity contribution in [1.82, 2.24) is 19.1 Å². The van der Waals surface area contributed by atoms with Crippen LogP contribution in [0.2, 0.25) is 0 Å². The Balaban J connectivity index is 1.59. The lowest BCUT2D eigenvalue weighted by molar-refractivity contribution is 0.396. The zero-order valence-corrected chi connectivity index (χ0v) is 23.8. The number of aryl methyl sites for hydroxylation is 1. The van der Waals surface area contributed by atoms with Crippen LogP contribution in [0.1, 0.15) is 63.6 Å². The third-order valence-electron chi connectivity index (χ3n) is 8.48. The van der Waals surface area contributed by atoms with Crippen LogP contribution in [0.4, 0.5) is 0 Å². The van der Waals surface area contributed by atoms with Gasteiger partial charge in [-0.15, -0.1) is 0 Å². The van der Waals surface area contributed by atoms with Crippen LogP contribution in [0, 0.1) is 0 Å². The van der Waals surface area contributed by atoms with Crippen LogP contribution in [0.3, 0.4) is 0 Å². The predicted octanol–water partition coefficient (Wildman–Crippen LogP) is 9.25. The number of aromatic nitrogens is 4. The first-order valence-electron chi connectivity index (χ1n) is 14.7. The first-order chi connectivity index (χ1) is 19.7. The average molecular weight is 527 g/mol. The largest absolute Gasteiger partial charge is 0.334 e. The van der Waals surface area contributed by atoms with E-state index in [-0.39, 0.29) is 5.41 Å². The van der Waals surface area contributed by atoms with Gasteiger partial charge in [0.05, 0.1) is 16.7 Å². The molecule has 0 bridgehead atoms. The van der Waals surface area contributed by atoms with Gasteiger partial charge in [-0.05, 0) is 54.8 Å². The number of pyridine rings is 1. The molecule has 0 aliphatic heterocycles. The van der Waals surface area contributed by atoms with Crippen LogP contribution in [0.25, 0.3) is 38.9 Å². The molecule has 0 N–H and O–H groups in total. The Morgan fingerprint density at radius 3 is 2.20 bits per heavy atom. The van der Waals surface area contributed by atoms with Gasteiger partial charge in [-0.3, -0.25) is 4.98 Å². The van der Waals surface area contributed by atoms with E-state index in [0.717, 1.165) is 24.2 Å². The standard InChI is InChI=1S/C36H38N4/c1-4-6-20-36(21-7-5-2,34-17-10-11-22-37-34)28-13-12-14-29(26-28)40-32-16-9-8-15-30(32)31-19-18-27(25-33(31)40)35-38-23-24-39(35)3/h8-19,22-26H,4-7,20-21H2,1-3H3. The Kier molecular flexibility index (Phi) is 7.25. The molecule has 4 heteroatoms. The number of hydrogen-bond donors (Lipinski definition) is 0. The van der Waals surface area contributed by atoms with Gasteiger partial charge in [-0.2, -0.15) is 0 Å². The second-order valence-corrected chi connectivity index (χ2v) is 11.0. The molecular formula is C36H38N4. The average Bonchev–Trinajstić information content (AvgIpc) is 3.58. The van der Waals surface area contributed by atoms with Crippen molar-refractivity contribution in [2.75, 3.05) is 0 Å². The molecular weight excluding hydrogens is 488 g/mol. The van der Waals surface area contributed by atoms with Crippen molar-refractivity contribution in [2.24, 2.45) is 7.05 Å². The maximum atomic E-state index is 4.96. The Morgan fingerprint density at radius 2 is 1.48 bits per heavy atom. The summed E-state index contributed by atoms with van der Waals surface area (Å²) in [7, 11) is 2.05. The van der Waals surface area contributed by atoms with Gasteiger partial charge in [0.1, 0.15) is 5.82 Å². The zero-order chi connectivity index (χ0) is 27.5. The lowest BCUT2D eigenvalue weighted by Crippen LogP contribution is -2.29. The van der Waals surface area contributed by atoms with Gasteiger partial charge in [0.2, 0.25) is 0 Å². The maximum absolute atomic E-state index is 4.96. The van der Waals surface area contributed by atoms with Crippen molar-refractivity contribution in [3.63, 3.8) is 0 Å². The molecule has 0 saturated carbocycles. The number of hydrogen-bond acceptors (Lipinski definition) is 2. The molecule has 0 atom stereocenters. The van der Waals surface area contributed by atoms with Crippen molar-refractivity contribution in [1.29, 1.82) is 0 Å². The Morgan fingerprint density at radius 1 is 0.700 bits per heavy atom.